The largest absolute Gasteiger partial charge is 0.456 e. The number of hydrogen-bond donors (Lipinski definition) is 1. The molecule has 0 saturated heterocycles. The van der Waals surface area contributed by atoms with Gasteiger partial charge in [-0.25, -0.2) is 0 Å². The summed E-state index contributed by atoms with van der Waals surface area (Å²) >= 11 is 12.6. The maximum atomic E-state index is 12.8. The van der Waals surface area contributed by atoms with Crippen LogP contribution in [0.15, 0.2) is 80.8 Å². The molecule has 0 aromatic heterocycles. The van der Waals surface area contributed by atoms with E-state index in [2.05, 4.69) is 30.9 Å². The van der Waals surface area contributed by atoms with Gasteiger partial charge in [0.2, 0.25) is 5.43 Å². The Kier molecular flexibility index (Phi) is 10.6. The fraction of sp³-hybridized carbons (Fsp3) is 0.222. The molecule has 0 bridgehead atoms. The van der Waals surface area contributed by atoms with Crippen molar-refractivity contribution in [3.05, 3.63) is 98.1 Å². The van der Waals surface area contributed by atoms with Crippen molar-refractivity contribution in [2.45, 2.75) is 44.4 Å². The zero-order valence-corrected chi connectivity index (χ0v) is 28.1. The van der Waals surface area contributed by atoms with Gasteiger partial charge in [0, 0.05) is 53.0 Å². The van der Waals surface area contributed by atoms with Crippen LogP contribution in [0, 0.1) is 11.5 Å². The third-order valence-corrected chi connectivity index (χ3v) is 9.31. The van der Waals surface area contributed by atoms with Crippen LogP contribution in [0.2, 0.25) is 10.0 Å². The first-order chi connectivity index (χ1) is 22.5. The predicted octanol–water partition coefficient (Wildman–Crippen LogP) is 9.56. The number of ether oxygens (including phenoxy) is 1. The molecule has 0 radical (unpaired) electrons. The number of unbranched alkanes of at least 4 members (excludes halogenated alkanes) is 2. The van der Waals surface area contributed by atoms with Gasteiger partial charge in [-0.2, -0.15) is 8.42 Å². The minimum Gasteiger partial charge on any atom is -0.456 e. The maximum absolute atomic E-state index is 12.8. The van der Waals surface area contributed by atoms with Crippen LogP contribution in [0.4, 0.5) is 5.69 Å². The molecule has 11 heteroatoms. The molecule has 3 aromatic rings. The van der Waals surface area contributed by atoms with E-state index in [1.54, 1.807) is 24.5 Å². The highest BCUT2D eigenvalue weighted by Crippen LogP contribution is 2.45. The molecular formula is C36H32Cl2N2O6S. The Morgan fingerprint density at radius 3 is 2.19 bits per heavy atom. The average molecular weight is 692 g/mol. The van der Waals surface area contributed by atoms with Crippen molar-refractivity contribution in [3.8, 4) is 34.5 Å². The van der Waals surface area contributed by atoms with Crippen LogP contribution in [0.25, 0.3) is 45.6 Å². The van der Waals surface area contributed by atoms with E-state index in [9.17, 15) is 17.8 Å². The Bertz CT molecular complexity index is 2130. The van der Waals surface area contributed by atoms with E-state index in [1.165, 1.54) is 30.3 Å². The summed E-state index contributed by atoms with van der Waals surface area (Å²) < 4.78 is 47.0. The molecule has 1 aliphatic carbocycles. The molecule has 1 N–H and O–H groups in total. The summed E-state index contributed by atoms with van der Waals surface area (Å²) in [6, 6.07) is 18.2. The number of halogens is 2. The highest BCUT2D eigenvalue weighted by molar-refractivity contribution is 7.86. The first-order valence-corrected chi connectivity index (χ1v) is 17.3. The Labute approximate surface area is 283 Å². The van der Waals surface area contributed by atoms with Gasteiger partial charge >= 0.3 is 0 Å². The van der Waals surface area contributed by atoms with E-state index in [0.29, 0.717) is 22.1 Å². The Hall–Kier alpha value is -4.33. The van der Waals surface area contributed by atoms with E-state index in [0.717, 1.165) is 50.0 Å². The van der Waals surface area contributed by atoms with Gasteiger partial charge < -0.3 is 14.1 Å². The van der Waals surface area contributed by atoms with Gasteiger partial charge in [0.05, 0.1) is 10.0 Å². The van der Waals surface area contributed by atoms with Gasteiger partial charge in [-0.3, -0.25) is 9.35 Å². The normalized spacial score (nSPS) is 11.7. The lowest BCUT2D eigenvalue weighted by molar-refractivity contribution is 0.483. The number of nitriles is 1. The zero-order chi connectivity index (χ0) is 33.7. The third kappa shape index (κ3) is 7.64. The number of hydrogen-bond acceptors (Lipinski definition) is 7. The Balaban J connectivity index is 1.60. The Morgan fingerprint density at radius 2 is 1.55 bits per heavy atom. The van der Waals surface area contributed by atoms with Crippen molar-refractivity contribution in [2.75, 3.05) is 18.0 Å². The molecule has 0 spiro atoms. The standard InChI is InChI=1S/C36H32Cl2N2O6S/c1-3-5-15-40(16-6-4-2)25-12-9-23(10-13-25)7-8-24-11-14-26(35(17-24)47(42,43)44)36-27-18-29(37)31(41)20-32(27)46-33-21-34(45-22-39)30(38)19-28(33)36/h7-14,17-21H,3-6,15-16H2,1-2H3,(H,42,43,44)/b8-7+. The van der Waals surface area contributed by atoms with Crippen LogP contribution in [-0.2, 0) is 10.1 Å². The summed E-state index contributed by atoms with van der Waals surface area (Å²) in [5, 5.41) is 9.31. The lowest BCUT2D eigenvalue weighted by Crippen LogP contribution is -2.25. The van der Waals surface area contributed by atoms with Crippen LogP contribution in [0.5, 0.6) is 5.75 Å². The van der Waals surface area contributed by atoms with Gasteiger partial charge in [0.15, 0.2) is 5.75 Å². The molecule has 2 aliphatic rings. The monoisotopic (exact) mass is 690 g/mol. The number of nitrogens with zero attached hydrogens (tertiary/aromatic N) is 2. The molecular weight excluding hydrogens is 659 g/mol. The SMILES string of the molecule is CCCCN(CCCC)c1ccc(/C=C/c2ccc(-c3c4cc(Cl)c(=O)cc-4oc4cc(OC#N)c(Cl)cc34)c(S(=O)(=O)O)c2)cc1. The molecule has 0 fully saturated rings. The second-order valence-electron chi connectivity index (χ2n) is 11.1. The second-order valence-corrected chi connectivity index (χ2v) is 13.3. The Morgan fingerprint density at radius 1 is 0.894 bits per heavy atom. The van der Waals surface area contributed by atoms with Crippen molar-refractivity contribution in [1.82, 2.24) is 0 Å². The summed E-state index contributed by atoms with van der Waals surface area (Å²) in [6.07, 6.45) is 9.68. The quantitative estimate of drug-likeness (QED) is 0.0594. The number of anilines is 1. The molecule has 0 saturated carbocycles. The molecule has 1 heterocycles. The van der Waals surface area contributed by atoms with Crippen LogP contribution in [0.3, 0.4) is 0 Å². The minimum absolute atomic E-state index is 0.00479. The lowest BCUT2D eigenvalue weighted by Gasteiger charge is -2.24. The maximum Gasteiger partial charge on any atom is 0.295 e. The summed E-state index contributed by atoms with van der Waals surface area (Å²) in [5.41, 5.74) is 2.98. The summed E-state index contributed by atoms with van der Waals surface area (Å²) in [4.78, 5) is 14.4. The summed E-state index contributed by atoms with van der Waals surface area (Å²) in [7, 11) is -4.77. The first kappa shape index (κ1) is 34.0. The third-order valence-electron chi connectivity index (χ3n) is 7.82. The van der Waals surface area contributed by atoms with Crippen molar-refractivity contribution in [2.24, 2.45) is 0 Å². The van der Waals surface area contributed by atoms with Gasteiger partial charge in [-0.1, -0.05) is 86.3 Å². The molecule has 47 heavy (non-hydrogen) atoms. The van der Waals surface area contributed by atoms with Gasteiger partial charge in [-0.05, 0) is 54.3 Å². The fourth-order valence-electron chi connectivity index (χ4n) is 5.43. The van der Waals surface area contributed by atoms with Crippen molar-refractivity contribution < 1.29 is 22.1 Å². The molecule has 8 nitrogen and oxygen atoms in total. The highest BCUT2D eigenvalue weighted by atomic mass is 35.5. The van der Waals surface area contributed by atoms with Crippen molar-refractivity contribution >= 4 is 62.1 Å². The molecule has 0 unspecified atom stereocenters. The zero-order valence-electron chi connectivity index (χ0n) is 25.8. The van der Waals surface area contributed by atoms with Crippen LogP contribution >= 0.6 is 23.2 Å². The van der Waals surface area contributed by atoms with Crippen molar-refractivity contribution in [3.63, 3.8) is 0 Å². The second kappa shape index (κ2) is 14.6. The van der Waals surface area contributed by atoms with E-state index in [4.69, 9.17) is 37.6 Å². The lowest BCUT2D eigenvalue weighted by atomic mass is 9.93. The molecule has 0 amide bonds. The summed E-state index contributed by atoms with van der Waals surface area (Å²) in [5.74, 6) is 0.106. The van der Waals surface area contributed by atoms with E-state index in [1.807, 2.05) is 18.2 Å². The van der Waals surface area contributed by atoms with E-state index >= 15 is 0 Å². The molecule has 1 aliphatic heterocycles. The molecule has 5 rings (SSSR count). The molecule has 0 atom stereocenters. The van der Waals surface area contributed by atoms with Crippen LogP contribution in [0.1, 0.15) is 50.7 Å². The average Bonchev–Trinajstić information content (AvgIpc) is 3.04. The smallest absolute Gasteiger partial charge is 0.295 e. The van der Waals surface area contributed by atoms with Gasteiger partial charge in [0.25, 0.3) is 16.4 Å². The van der Waals surface area contributed by atoms with E-state index < -0.39 is 15.5 Å². The topological polar surface area (TPSA) is 121 Å². The number of rotatable bonds is 12. The van der Waals surface area contributed by atoms with Crippen molar-refractivity contribution in [1.29, 1.82) is 5.26 Å². The first-order valence-electron chi connectivity index (χ1n) is 15.1. The molecule has 3 aromatic carbocycles. The predicted molar refractivity (Wildman–Crippen MR) is 188 cm³/mol. The minimum atomic E-state index is -4.77. The van der Waals surface area contributed by atoms with Crippen LogP contribution in [-0.4, -0.2) is 26.1 Å². The van der Waals surface area contributed by atoms with Gasteiger partial charge in [0.1, 0.15) is 16.2 Å². The van der Waals surface area contributed by atoms with Crippen LogP contribution < -0.4 is 15.1 Å². The van der Waals surface area contributed by atoms with E-state index in [-0.39, 0.29) is 37.6 Å². The highest BCUT2D eigenvalue weighted by Gasteiger charge is 2.26. The number of benzene rings is 4. The fourth-order valence-corrected chi connectivity index (χ4v) is 6.53. The van der Waals surface area contributed by atoms with Gasteiger partial charge in [-0.15, -0.1) is 5.26 Å². The summed E-state index contributed by atoms with van der Waals surface area (Å²) in [6.45, 7) is 6.37. The molecule has 242 valence electrons. The number of fused-ring (bicyclic) bond motifs is 2.